The molecule has 3 nitrogen and oxygen atoms in total. The van der Waals surface area contributed by atoms with Crippen LogP contribution in [0.25, 0.3) is 6.08 Å². The maximum Gasteiger partial charge on any atom is 0.259 e. The molecule has 3 rings (SSSR count). The predicted octanol–water partition coefficient (Wildman–Crippen LogP) is 3.52. The number of thiophene rings is 1. The highest BCUT2D eigenvalue weighted by Crippen LogP contribution is 2.25. The number of aromatic nitrogens is 1. The summed E-state index contributed by atoms with van der Waals surface area (Å²) in [4.78, 5) is 28.5. The van der Waals surface area contributed by atoms with E-state index in [-0.39, 0.29) is 11.3 Å². The third-order valence-electron chi connectivity index (χ3n) is 3.94. The van der Waals surface area contributed by atoms with Gasteiger partial charge in [-0.25, -0.2) is 0 Å². The average Bonchev–Trinajstić information content (AvgIpc) is 2.98. The first-order valence-electron chi connectivity index (χ1n) is 7.17. The number of carbonyl (C=O) groups excluding carboxylic acids is 1. The molecule has 0 unspecified atom stereocenters. The fourth-order valence-corrected chi connectivity index (χ4v) is 3.55. The van der Waals surface area contributed by atoms with E-state index in [1.54, 1.807) is 17.4 Å². The largest absolute Gasteiger partial charge is 0.326 e. The number of aromatic amines is 1. The van der Waals surface area contributed by atoms with Crippen molar-refractivity contribution in [3.63, 3.8) is 0 Å². The number of fused-ring (bicyclic) bond motifs is 1. The van der Waals surface area contributed by atoms with Gasteiger partial charge in [0.05, 0.1) is 5.56 Å². The minimum atomic E-state index is -0.256. The second-order valence-electron chi connectivity index (χ2n) is 5.33. The second kappa shape index (κ2) is 5.82. The highest BCUT2D eigenvalue weighted by atomic mass is 32.1. The summed E-state index contributed by atoms with van der Waals surface area (Å²) >= 11 is 1.57. The van der Waals surface area contributed by atoms with Crippen molar-refractivity contribution in [2.75, 3.05) is 0 Å². The van der Waals surface area contributed by atoms with E-state index in [2.05, 4.69) is 4.98 Å². The number of ketones is 1. The van der Waals surface area contributed by atoms with Crippen LogP contribution in [0.5, 0.6) is 0 Å². The van der Waals surface area contributed by atoms with Crippen molar-refractivity contribution in [2.24, 2.45) is 0 Å². The molecule has 4 heteroatoms. The maximum atomic E-state index is 12.4. The Morgan fingerprint density at radius 1 is 1.29 bits per heavy atom. The molecule has 0 spiro atoms. The van der Waals surface area contributed by atoms with E-state index in [1.165, 1.54) is 6.08 Å². The van der Waals surface area contributed by atoms with Gasteiger partial charge in [-0.3, -0.25) is 9.59 Å². The molecule has 0 bridgehead atoms. The number of nitrogens with one attached hydrogen (secondary N) is 1. The van der Waals surface area contributed by atoms with Crippen LogP contribution in [0, 0.1) is 6.92 Å². The molecule has 2 aromatic rings. The summed E-state index contributed by atoms with van der Waals surface area (Å²) in [6.07, 6.45) is 7.24. The maximum absolute atomic E-state index is 12.4. The summed E-state index contributed by atoms with van der Waals surface area (Å²) in [7, 11) is 0. The molecule has 0 radical (unpaired) electrons. The lowest BCUT2D eigenvalue weighted by atomic mass is 9.87. The molecule has 2 heterocycles. The van der Waals surface area contributed by atoms with Crippen LogP contribution in [-0.2, 0) is 12.8 Å². The van der Waals surface area contributed by atoms with Crippen LogP contribution in [0.4, 0.5) is 0 Å². The Kier molecular flexibility index (Phi) is 3.88. The van der Waals surface area contributed by atoms with Crippen LogP contribution in [0.1, 0.15) is 44.9 Å². The lowest BCUT2D eigenvalue weighted by Crippen LogP contribution is -2.24. The third kappa shape index (κ3) is 2.76. The minimum Gasteiger partial charge on any atom is -0.326 e. The van der Waals surface area contributed by atoms with Crippen molar-refractivity contribution in [1.82, 2.24) is 4.98 Å². The van der Waals surface area contributed by atoms with Crippen LogP contribution in [0.15, 0.2) is 28.4 Å². The quantitative estimate of drug-likeness (QED) is 0.696. The Morgan fingerprint density at radius 3 is 2.76 bits per heavy atom. The summed E-state index contributed by atoms with van der Waals surface area (Å²) in [5.74, 6) is -0.192. The van der Waals surface area contributed by atoms with Crippen LogP contribution >= 0.6 is 11.3 Å². The Bertz CT molecular complexity index is 754. The number of carbonyl (C=O) groups is 1. The number of aryl methyl sites for hydroxylation is 1. The molecule has 0 atom stereocenters. The Labute approximate surface area is 127 Å². The van der Waals surface area contributed by atoms with E-state index in [0.29, 0.717) is 5.56 Å². The van der Waals surface area contributed by atoms with Gasteiger partial charge in [-0.15, -0.1) is 11.3 Å². The van der Waals surface area contributed by atoms with Gasteiger partial charge in [-0.2, -0.15) is 0 Å². The van der Waals surface area contributed by atoms with E-state index in [1.807, 2.05) is 24.4 Å². The average molecular weight is 299 g/mol. The van der Waals surface area contributed by atoms with E-state index in [9.17, 15) is 9.59 Å². The fraction of sp³-hybridized carbons (Fsp3) is 0.294. The van der Waals surface area contributed by atoms with Crippen LogP contribution in [0.3, 0.4) is 0 Å². The Hall–Kier alpha value is -1.94. The van der Waals surface area contributed by atoms with Crippen molar-refractivity contribution in [3.8, 4) is 0 Å². The van der Waals surface area contributed by atoms with Gasteiger partial charge in [0, 0.05) is 10.6 Å². The molecule has 0 fully saturated rings. The van der Waals surface area contributed by atoms with E-state index < -0.39 is 0 Å². The molecule has 0 aromatic carbocycles. The van der Waals surface area contributed by atoms with Crippen molar-refractivity contribution in [1.29, 1.82) is 0 Å². The van der Waals surface area contributed by atoms with Crippen molar-refractivity contribution in [2.45, 2.75) is 32.6 Å². The lowest BCUT2D eigenvalue weighted by molar-refractivity contribution is 0.104. The minimum absolute atomic E-state index is 0.192. The molecule has 21 heavy (non-hydrogen) atoms. The van der Waals surface area contributed by atoms with Crippen molar-refractivity contribution in [3.05, 3.63) is 61.2 Å². The van der Waals surface area contributed by atoms with Gasteiger partial charge in [-0.05, 0) is 67.3 Å². The first-order chi connectivity index (χ1) is 10.2. The van der Waals surface area contributed by atoms with Gasteiger partial charge in [0.15, 0.2) is 5.78 Å². The number of H-pyrrole nitrogens is 1. The zero-order valence-corrected chi connectivity index (χ0v) is 12.8. The number of allylic oxidation sites excluding steroid dienone is 1. The lowest BCUT2D eigenvalue weighted by Gasteiger charge is -2.19. The second-order valence-corrected chi connectivity index (χ2v) is 6.31. The number of rotatable bonds is 3. The molecule has 0 aliphatic heterocycles. The van der Waals surface area contributed by atoms with Gasteiger partial charge in [0.1, 0.15) is 0 Å². The molecule has 0 amide bonds. The molecule has 1 aliphatic carbocycles. The van der Waals surface area contributed by atoms with Gasteiger partial charge < -0.3 is 4.98 Å². The zero-order valence-electron chi connectivity index (χ0n) is 11.9. The van der Waals surface area contributed by atoms with Gasteiger partial charge in [0.2, 0.25) is 0 Å². The number of hydrogen-bond donors (Lipinski definition) is 1. The Morgan fingerprint density at radius 2 is 2.05 bits per heavy atom. The SMILES string of the molecule is Cc1[nH]c(=O)c(C(=O)/C=C/c2cccs2)c2c1CCCC2. The number of pyridine rings is 1. The molecule has 1 N–H and O–H groups in total. The van der Waals surface area contributed by atoms with E-state index in [0.717, 1.165) is 47.4 Å². The highest BCUT2D eigenvalue weighted by Gasteiger charge is 2.21. The molecule has 2 aromatic heterocycles. The highest BCUT2D eigenvalue weighted by molar-refractivity contribution is 7.10. The summed E-state index contributed by atoms with van der Waals surface area (Å²) in [5, 5.41) is 1.96. The standard InChI is InChI=1S/C17H17NO2S/c1-11-13-6-2-3-7-14(13)16(17(20)18-11)15(19)9-8-12-5-4-10-21-12/h4-5,8-10H,2-3,6-7H2,1H3,(H,18,20)/b9-8+. The number of hydrogen-bond acceptors (Lipinski definition) is 3. The summed E-state index contributed by atoms with van der Waals surface area (Å²) in [5.41, 5.74) is 3.11. The summed E-state index contributed by atoms with van der Waals surface area (Å²) < 4.78 is 0. The molecule has 1 aliphatic rings. The van der Waals surface area contributed by atoms with Crippen LogP contribution < -0.4 is 5.56 Å². The van der Waals surface area contributed by atoms with Gasteiger partial charge in [0.25, 0.3) is 5.56 Å². The van der Waals surface area contributed by atoms with E-state index >= 15 is 0 Å². The first-order valence-corrected chi connectivity index (χ1v) is 8.05. The van der Waals surface area contributed by atoms with Crippen molar-refractivity contribution >= 4 is 23.2 Å². The molecular weight excluding hydrogens is 282 g/mol. The van der Waals surface area contributed by atoms with Crippen LogP contribution in [-0.4, -0.2) is 10.8 Å². The normalized spacial score (nSPS) is 14.3. The summed E-state index contributed by atoms with van der Waals surface area (Å²) in [6.45, 7) is 1.92. The predicted molar refractivity (Wildman–Crippen MR) is 86.1 cm³/mol. The molecular formula is C17H17NO2S. The first kappa shape index (κ1) is 14.0. The molecule has 0 saturated heterocycles. The van der Waals surface area contributed by atoms with Crippen LogP contribution in [0.2, 0.25) is 0 Å². The third-order valence-corrected chi connectivity index (χ3v) is 4.78. The smallest absolute Gasteiger partial charge is 0.259 e. The fourth-order valence-electron chi connectivity index (χ4n) is 2.93. The van der Waals surface area contributed by atoms with Gasteiger partial charge >= 0.3 is 0 Å². The monoisotopic (exact) mass is 299 g/mol. The van der Waals surface area contributed by atoms with Crippen molar-refractivity contribution < 1.29 is 4.79 Å². The zero-order chi connectivity index (χ0) is 14.8. The molecule has 0 saturated carbocycles. The topological polar surface area (TPSA) is 49.9 Å². The molecule has 108 valence electrons. The van der Waals surface area contributed by atoms with Gasteiger partial charge in [-0.1, -0.05) is 6.07 Å². The Balaban J connectivity index is 2.02. The summed E-state index contributed by atoms with van der Waals surface area (Å²) in [6, 6.07) is 3.89. The van der Waals surface area contributed by atoms with E-state index in [4.69, 9.17) is 0 Å².